The lowest BCUT2D eigenvalue weighted by atomic mass is 10.3. The quantitative estimate of drug-likeness (QED) is 0.575. The lowest BCUT2D eigenvalue weighted by molar-refractivity contribution is 0.0972. The van der Waals surface area contributed by atoms with E-state index in [2.05, 4.69) is 20.9 Å². The Kier molecular flexibility index (Phi) is 2.77. The number of pyridine rings is 1. The van der Waals surface area contributed by atoms with Crippen LogP contribution in [0.4, 0.5) is 0 Å². The maximum atomic E-state index is 11.0. The van der Waals surface area contributed by atoms with Gasteiger partial charge in [-0.2, -0.15) is 5.26 Å². The predicted molar refractivity (Wildman–Crippen MR) is 45.0 cm³/mol. The zero-order valence-electron chi connectivity index (χ0n) is 5.91. The Bertz CT molecular complexity index is 345. The molecule has 1 amide bonds. The summed E-state index contributed by atoms with van der Waals surface area (Å²) in [4.78, 5) is 14.8. The van der Waals surface area contributed by atoms with Crippen molar-refractivity contribution in [1.82, 2.24) is 10.3 Å². The highest BCUT2D eigenvalue weighted by Gasteiger charge is 2.04. The lowest BCUT2D eigenvalue weighted by Gasteiger charge is -1.96. The number of hydrogen-bond acceptors (Lipinski definition) is 3. The number of halogens is 1. The highest BCUT2D eigenvalue weighted by atomic mass is 79.9. The zero-order chi connectivity index (χ0) is 8.97. The SMILES string of the molecule is N#CNC(=O)c1cncc(Br)c1. The van der Waals surface area contributed by atoms with Crippen LogP contribution in [0.2, 0.25) is 0 Å². The van der Waals surface area contributed by atoms with E-state index in [-0.39, 0.29) is 0 Å². The third-order valence-corrected chi connectivity index (χ3v) is 1.57. The van der Waals surface area contributed by atoms with Gasteiger partial charge in [0.15, 0.2) is 6.19 Å². The molecular formula is C7H4BrN3O. The van der Waals surface area contributed by atoms with Crippen LogP contribution < -0.4 is 5.32 Å². The fraction of sp³-hybridized carbons (Fsp3) is 0. The highest BCUT2D eigenvalue weighted by Crippen LogP contribution is 2.08. The smallest absolute Gasteiger partial charge is 0.265 e. The molecule has 0 aliphatic rings. The topological polar surface area (TPSA) is 65.8 Å². The minimum atomic E-state index is -0.452. The predicted octanol–water partition coefficient (Wildman–Crippen LogP) is 1.05. The minimum Gasteiger partial charge on any atom is -0.268 e. The van der Waals surface area contributed by atoms with Gasteiger partial charge in [-0.15, -0.1) is 0 Å². The molecule has 1 heterocycles. The maximum Gasteiger partial charge on any atom is 0.265 e. The number of aromatic nitrogens is 1. The van der Waals surface area contributed by atoms with E-state index in [1.54, 1.807) is 18.5 Å². The summed E-state index contributed by atoms with van der Waals surface area (Å²) >= 11 is 3.16. The average Bonchev–Trinajstić information content (AvgIpc) is 2.05. The Balaban J connectivity index is 2.90. The first-order chi connectivity index (χ1) is 5.74. The molecule has 1 aromatic heterocycles. The fourth-order valence-electron chi connectivity index (χ4n) is 0.659. The van der Waals surface area contributed by atoms with E-state index in [1.165, 1.54) is 6.20 Å². The van der Waals surface area contributed by atoms with Crippen LogP contribution in [0.1, 0.15) is 10.4 Å². The molecule has 0 saturated heterocycles. The summed E-state index contributed by atoms with van der Waals surface area (Å²) in [6, 6.07) is 1.58. The molecule has 1 N–H and O–H groups in total. The van der Waals surface area contributed by atoms with Gasteiger partial charge in [-0.1, -0.05) is 0 Å². The fourth-order valence-corrected chi connectivity index (χ4v) is 1.02. The molecule has 5 heteroatoms. The number of hydrogen-bond donors (Lipinski definition) is 1. The van der Waals surface area contributed by atoms with Crippen LogP contribution >= 0.6 is 15.9 Å². The number of amides is 1. The van der Waals surface area contributed by atoms with Gasteiger partial charge < -0.3 is 0 Å². The second-order valence-electron chi connectivity index (χ2n) is 1.96. The van der Waals surface area contributed by atoms with Crippen molar-refractivity contribution in [3.05, 3.63) is 28.5 Å². The normalized spacial score (nSPS) is 8.67. The monoisotopic (exact) mass is 225 g/mol. The molecule has 0 saturated carbocycles. The van der Waals surface area contributed by atoms with Crippen LogP contribution in [-0.2, 0) is 0 Å². The number of nitrogens with one attached hydrogen (secondary N) is 1. The molecule has 60 valence electrons. The summed E-state index contributed by atoms with van der Waals surface area (Å²) < 4.78 is 0.702. The van der Waals surface area contributed by atoms with E-state index in [4.69, 9.17) is 5.26 Å². The second kappa shape index (κ2) is 3.83. The van der Waals surface area contributed by atoms with Gasteiger partial charge in [0.1, 0.15) is 0 Å². The third kappa shape index (κ3) is 2.04. The Labute approximate surface area is 77.4 Å². The van der Waals surface area contributed by atoms with Gasteiger partial charge in [0, 0.05) is 16.9 Å². The molecule has 0 bridgehead atoms. The van der Waals surface area contributed by atoms with Crippen LogP contribution in [0.5, 0.6) is 0 Å². The molecular weight excluding hydrogens is 222 g/mol. The molecule has 0 atom stereocenters. The van der Waals surface area contributed by atoms with Crippen molar-refractivity contribution < 1.29 is 4.79 Å². The van der Waals surface area contributed by atoms with Gasteiger partial charge in [0.05, 0.1) is 5.56 Å². The van der Waals surface area contributed by atoms with Crippen molar-refractivity contribution in [2.75, 3.05) is 0 Å². The molecule has 4 nitrogen and oxygen atoms in total. The van der Waals surface area contributed by atoms with E-state index in [9.17, 15) is 4.79 Å². The van der Waals surface area contributed by atoms with E-state index >= 15 is 0 Å². The van der Waals surface area contributed by atoms with Gasteiger partial charge >= 0.3 is 0 Å². The Morgan fingerprint density at radius 1 is 1.67 bits per heavy atom. The Morgan fingerprint density at radius 3 is 3.00 bits per heavy atom. The molecule has 0 aliphatic heterocycles. The number of nitrogens with zero attached hydrogens (tertiary/aromatic N) is 2. The van der Waals surface area contributed by atoms with Gasteiger partial charge in [-0.05, 0) is 22.0 Å². The minimum absolute atomic E-state index is 0.353. The summed E-state index contributed by atoms with van der Waals surface area (Å²) in [5, 5.41) is 10.1. The van der Waals surface area contributed by atoms with Gasteiger partial charge in [-0.25, -0.2) is 0 Å². The zero-order valence-corrected chi connectivity index (χ0v) is 7.50. The first kappa shape index (κ1) is 8.68. The third-order valence-electron chi connectivity index (χ3n) is 1.14. The molecule has 0 spiro atoms. The van der Waals surface area contributed by atoms with Crippen molar-refractivity contribution in [3.63, 3.8) is 0 Å². The molecule has 0 radical (unpaired) electrons. The van der Waals surface area contributed by atoms with Crippen molar-refractivity contribution in [3.8, 4) is 6.19 Å². The summed E-state index contributed by atoms with van der Waals surface area (Å²) in [7, 11) is 0. The van der Waals surface area contributed by atoms with Crippen molar-refractivity contribution in [2.24, 2.45) is 0 Å². The van der Waals surface area contributed by atoms with Crippen LogP contribution in [0.15, 0.2) is 22.9 Å². The van der Waals surface area contributed by atoms with Crippen LogP contribution in [-0.4, -0.2) is 10.9 Å². The Morgan fingerprint density at radius 2 is 2.42 bits per heavy atom. The standard InChI is InChI=1S/C7H4BrN3O/c8-6-1-5(2-10-3-6)7(12)11-4-9/h1-3H,(H,11,12). The molecule has 0 aliphatic carbocycles. The summed E-state index contributed by atoms with van der Waals surface area (Å²) in [5.41, 5.74) is 0.353. The van der Waals surface area contributed by atoms with Crippen LogP contribution in [0, 0.1) is 11.5 Å². The van der Waals surface area contributed by atoms with E-state index < -0.39 is 5.91 Å². The summed E-state index contributed by atoms with van der Waals surface area (Å²) in [6.45, 7) is 0. The van der Waals surface area contributed by atoms with E-state index in [1.807, 2.05) is 5.32 Å². The first-order valence-electron chi connectivity index (χ1n) is 3.04. The number of carbonyl (C=O) groups excluding carboxylic acids is 1. The van der Waals surface area contributed by atoms with Crippen molar-refractivity contribution >= 4 is 21.8 Å². The van der Waals surface area contributed by atoms with Gasteiger partial charge in [0.2, 0.25) is 0 Å². The van der Waals surface area contributed by atoms with Crippen molar-refractivity contribution in [1.29, 1.82) is 5.26 Å². The second-order valence-corrected chi connectivity index (χ2v) is 2.87. The summed E-state index contributed by atoms with van der Waals surface area (Å²) in [5.74, 6) is -0.452. The number of rotatable bonds is 1. The van der Waals surface area contributed by atoms with Crippen LogP contribution in [0.25, 0.3) is 0 Å². The van der Waals surface area contributed by atoms with Crippen molar-refractivity contribution in [2.45, 2.75) is 0 Å². The number of nitriles is 1. The molecule has 12 heavy (non-hydrogen) atoms. The molecule has 1 aromatic rings. The summed E-state index contributed by atoms with van der Waals surface area (Å²) in [6.07, 6.45) is 4.49. The number of carbonyl (C=O) groups is 1. The van der Waals surface area contributed by atoms with E-state index in [0.29, 0.717) is 10.0 Å². The Hall–Kier alpha value is -1.41. The van der Waals surface area contributed by atoms with Gasteiger partial charge in [0.25, 0.3) is 5.91 Å². The van der Waals surface area contributed by atoms with Crippen LogP contribution in [0.3, 0.4) is 0 Å². The first-order valence-corrected chi connectivity index (χ1v) is 3.83. The molecule has 0 aromatic carbocycles. The molecule has 1 rings (SSSR count). The van der Waals surface area contributed by atoms with Gasteiger partial charge in [-0.3, -0.25) is 15.1 Å². The molecule has 0 unspecified atom stereocenters. The highest BCUT2D eigenvalue weighted by molar-refractivity contribution is 9.10. The van der Waals surface area contributed by atoms with E-state index in [0.717, 1.165) is 0 Å². The lowest BCUT2D eigenvalue weighted by Crippen LogP contribution is -2.17. The molecule has 0 fully saturated rings. The average molecular weight is 226 g/mol. The maximum absolute atomic E-state index is 11.0. The largest absolute Gasteiger partial charge is 0.268 e.